The molecule has 0 saturated heterocycles. The van der Waals surface area contributed by atoms with Crippen molar-refractivity contribution in [3.8, 4) is 17.6 Å². The lowest BCUT2D eigenvalue weighted by atomic mass is 10.1. The van der Waals surface area contributed by atoms with Crippen LogP contribution in [-0.2, 0) is 4.79 Å². The van der Waals surface area contributed by atoms with Crippen molar-refractivity contribution in [1.82, 2.24) is 0 Å². The molecular weight excluding hydrogens is 268 g/mol. The maximum Gasteiger partial charge on any atom is 0.346 e. The Morgan fingerprint density at radius 2 is 1.95 bits per heavy atom. The minimum Gasteiger partial charge on any atom is -0.493 e. The van der Waals surface area contributed by atoms with Gasteiger partial charge >= 0.3 is 5.97 Å². The van der Waals surface area contributed by atoms with Crippen molar-refractivity contribution >= 4 is 17.7 Å². The summed E-state index contributed by atoms with van der Waals surface area (Å²) in [6.45, 7) is 0. The van der Waals surface area contributed by atoms with E-state index in [2.05, 4.69) is 0 Å². The lowest BCUT2D eigenvalue weighted by Gasteiger charge is -2.08. The maximum absolute atomic E-state index is 11.0. The third-order valence-electron chi connectivity index (χ3n) is 2.38. The Kier molecular flexibility index (Phi) is 4.64. The first kappa shape index (κ1) is 15.0. The molecule has 0 amide bonds. The Balaban J connectivity index is 3.56. The van der Waals surface area contributed by atoms with Crippen molar-refractivity contribution < 1.29 is 24.3 Å². The fourth-order valence-electron chi connectivity index (χ4n) is 1.46. The highest BCUT2D eigenvalue weighted by molar-refractivity contribution is 5.97. The van der Waals surface area contributed by atoms with Gasteiger partial charge in [-0.15, -0.1) is 0 Å². The summed E-state index contributed by atoms with van der Waals surface area (Å²) in [4.78, 5) is 21.1. The van der Waals surface area contributed by atoms with Gasteiger partial charge in [-0.25, -0.2) is 4.79 Å². The number of benzene rings is 1. The van der Waals surface area contributed by atoms with Crippen LogP contribution in [0.2, 0.25) is 0 Å². The fourth-order valence-corrected chi connectivity index (χ4v) is 1.46. The summed E-state index contributed by atoms with van der Waals surface area (Å²) >= 11 is 0. The third kappa shape index (κ3) is 3.02. The summed E-state index contributed by atoms with van der Waals surface area (Å²) in [5, 5.41) is 28.4. The molecule has 0 aliphatic heterocycles. The zero-order chi connectivity index (χ0) is 15.3. The third-order valence-corrected chi connectivity index (χ3v) is 2.38. The molecule has 0 heterocycles. The van der Waals surface area contributed by atoms with E-state index < -0.39 is 22.2 Å². The number of methoxy groups -OCH3 is 2. The van der Waals surface area contributed by atoms with Crippen molar-refractivity contribution in [1.29, 1.82) is 5.26 Å². The van der Waals surface area contributed by atoms with Crippen LogP contribution in [0.1, 0.15) is 5.56 Å². The van der Waals surface area contributed by atoms with Crippen molar-refractivity contribution in [2.24, 2.45) is 0 Å². The molecule has 0 aliphatic carbocycles. The molecule has 0 saturated carbocycles. The Hall–Kier alpha value is -3.08. The Morgan fingerprint density at radius 3 is 2.35 bits per heavy atom. The first-order valence-corrected chi connectivity index (χ1v) is 5.20. The van der Waals surface area contributed by atoms with E-state index in [1.807, 2.05) is 0 Å². The highest BCUT2D eigenvalue weighted by Crippen LogP contribution is 2.35. The number of nitriles is 1. The van der Waals surface area contributed by atoms with Crippen LogP contribution in [-0.4, -0.2) is 30.2 Å². The number of carboxylic acids is 1. The van der Waals surface area contributed by atoms with Gasteiger partial charge in [0.25, 0.3) is 5.69 Å². The van der Waals surface area contributed by atoms with Crippen molar-refractivity contribution in [2.45, 2.75) is 0 Å². The first-order valence-electron chi connectivity index (χ1n) is 5.20. The van der Waals surface area contributed by atoms with E-state index in [1.54, 1.807) is 0 Å². The van der Waals surface area contributed by atoms with Gasteiger partial charge in [0.05, 0.1) is 30.8 Å². The van der Waals surface area contributed by atoms with Gasteiger partial charge in [0.1, 0.15) is 11.6 Å². The number of rotatable bonds is 5. The van der Waals surface area contributed by atoms with Crippen molar-refractivity contribution in [2.75, 3.05) is 14.2 Å². The molecular formula is C12H10N2O6. The molecule has 0 aliphatic rings. The van der Waals surface area contributed by atoms with E-state index in [-0.39, 0.29) is 17.1 Å². The summed E-state index contributed by atoms with van der Waals surface area (Å²) in [5.74, 6) is -1.16. The molecule has 0 spiro atoms. The topological polar surface area (TPSA) is 123 Å². The Labute approximate surface area is 113 Å². The zero-order valence-electron chi connectivity index (χ0n) is 10.6. The molecule has 1 aromatic rings. The van der Waals surface area contributed by atoms with E-state index in [0.29, 0.717) is 0 Å². The highest BCUT2D eigenvalue weighted by atomic mass is 16.6. The van der Waals surface area contributed by atoms with Crippen molar-refractivity contribution in [3.05, 3.63) is 33.4 Å². The second-order valence-electron chi connectivity index (χ2n) is 3.50. The normalized spacial score (nSPS) is 10.6. The molecule has 104 valence electrons. The van der Waals surface area contributed by atoms with Crippen LogP contribution >= 0.6 is 0 Å². The Morgan fingerprint density at radius 1 is 1.40 bits per heavy atom. The van der Waals surface area contributed by atoms with Crippen LogP contribution in [0.4, 0.5) is 5.69 Å². The van der Waals surface area contributed by atoms with E-state index >= 15 is 0 Å². The Bertz CT molecular complexity index is 630. The molecule has 0 atom stereocenters. The summed E-state index contributed by atoms with van der Waals surface area (Å²) in [5.41, 5.74) is -1.08. The van der Waals surface area contributed by atoms with Crippen LogP contribution in [0.25, 0.3) is 6.08 Å². The predicted octanol–water partition coefficient (Wildman–Crippen LogP) is 1.60. The lowest BCUT2D eigenvalue weighted by Crippen LogP contribution is -2.00. The number of hydrogen-bond donors (Lipinski definition) is 1. The van der Waals surface area contributed by atoms with Crippen LogP contribution in [0.5, 0.6) is 11.5 Å². The van der Waals surface area contributed by atoms with Gasteiger partial charge in [0.2, 0.25) is 0 Å². The number of ether oxygens (including phenoxy) is 2. The summed E-state index contributed by atoms with van der Waals surface area (Å²) in [7, 11) is 2.65. The van der Waals surface area contributed by atoms with E-state index in [4.69, 9.17) is 19.8 Å². The van der Waals surface area contributed by atoms with E-state index in [0.717, 1.165) is 12.1 Å². The first-order chi connectivity index (χ1) is 9.44. The molecule has 0 unspecified atom stereocenters. The van der Waals surface area contributed by atoms with Crippen LogP contribution in [0.15, 0.2) is 17.7 Å². The predicted molar refractivity (Wildman–Crippen MR) is 67.4 cm³/mol. The highest BCUT2D eigenvalue weighted by Gasteiger charge is 2.19. The smallest absolute Gasteiger partial charge is 0.346 e. The van der Waals surface area contributed by atoms with Crippen LogP contribution in [0, 0.1) is 21.4 Å². The average Bonchev–Trinajstić information content (AvgIpc) is 2.43. The second-order valence-corrected chi connectivity index (χ2v) is 3.50. The zero-order valence-corrected chi connectivity index (χ0v) is 10.6. The van der Waals surface area contributed by atoms with Gasteiger partial charge in [0.15, 0.2) is 11.5 Å². The van der Waals surface area contributed by atoms with Gasteiger partial charge in [-0.05, 0) is 12.1 Å². The second kappa shape index (κ2) is 6.19. The summed E-state index contributed by atoms with van der Waals surface area (Å²) < 4.78 is 9.91. The van der Waals surface area contributed by atoms with Gasteiger partial charge in [-0.3, -0.25) is 10.1 Å². The van der Waals surface area contributed by atoms with Gasteiger partial charge < -0.3 is 14.6 Å². The molecule has 8 nitrogen and oxygen atoms in total. The molecule has 0 fully saturated rings. The molecule has 0 radical (unpaired) electrons. The van der Waals surface area contributed by atoms with Gasteiger partial charge in [-0.2, -0.15) is 5.26 Å². The average molecular weight is 278 g/mol. The lowest BCUT2D eigenvalue weighted by molar-refractivity contribution is -0.385. The standard InChI is InChI=1S/C12H10N2O6/c1-19-10-4-7(3-8(6-13)12(15)16)9(14(17)18)5-11(10)20-2/h3-5H,1-2H3,(H,15,16). The number of carbonyl (C=O) groups is 1. The fraction of sp³-hybridized carbons (Fsp3) is 0.167. The molecule has 1 N–H and O–H groups in total. The molecule has 1 rings (SSSR count). The van der Waals surface area contributed by atoms with Crippen molar-refractivity contribution in [3.63, 3.8) is 0 Å². The van der Waals surface area contributed by atoms with E-state index in [9.17, 15) is 14.9 Å². The minimum atomic E-state index is -1.48. The van der Waals surface area contributed by atoms with Crippen LogP contribution < -0.4 is 9.47 Å². The molecule has 0 bridgehead atoms. The number of carboxylic acid groups (broad SMARTS) is 1. The quantitative estimate of drug-likeness (QED) is 0.375. The monoisotopic (exact) mass is 278 g/mol. The number of aliphatic carboxylic acids is 1. The number of hydrogen-bond acceptors (Lipinski definition) is 6. The minimum absolute atomic E-state index is 0.0633. The van der Waals surface area contributed by atoms with Crippen LogP contribution in [0.3, 0.4) is 0 Å². The maximum atomic E-state index is 11.0. The number of nitro benzene ring substituents is 1. The molecule has 8 heteroatoms. The summed E-state index contributed by atoms with van der Waals surface area (Å²) in [6, 6.07) is 3.78. The largest absolute Gasteiger partial charge is 0.493 e. The SMILES string of the molecule is COc1cc(C=C(C#N)C(=O)O)c([N+](=O)[O-])cc1OC. The molecule has 0 aromatic heterocycles. The van der Waals surface area contributed by atoms with Gasteiger partial charge in [-0.1, -0.05) is 0 Å². The van der Waals surface area contributed by atoms with Gasteiger partial charge in [0, 0.05) is 0 Å². The molecule has 20 heavy (non-hydrogen) atoms. The summed E-state index contributed by atoms with van der Waals surface area (Å²) in [6.07, 6.45) is 0.905. The van der Waals surface area contributed by atoms with E-state index in [1.165, 1.54) is 26.4 Å². The molecule has 1 aromatic carbocycles. The number of nitrogens with zero attached hydrogens (tertiary/aromatic N) is 2. The number of nitro groups is 1.